The Bertz CT molecular complexity index is 1270. The van der Waals surface area contributed by atoms with Crippen molar-refractivity contribution in [2.75, 3.05) is 11.9 Å². The SMILES string of the molecule is CC(C)(O)C(F)CNC(=O)c1cnc(-c2cnc3cc(C#N)cnn23)cc1NC1CCCCC1.CC(C)O. The number of imidazole rings is 1. The van der Waals surface area contributed by atoms with E-state index in [1.807, 2.05) is 6.07 Å². The molecule has 4 N–H and O–H groups in total. The second-order valence-electron chi connectivity index (χ2n) is 10.3. The molecule has 0 aliphatic heterocycles. The summed E-state index contributed by atoms with van der Waals surface area (Å²) < 4.78 is 15.8. The van der Waals surface area contributed by atoms with Crippen molar-refractivity contribution in [3.8, 4) is 17.5 Å². The van der Waals surface area contributed by atoms with E-state index in [0.29, 0.717) is 33.8 Å². The molecular formula is C27H36FN7O3. The molecular weight excluding hydrogens is 489 g/mol. The van der Waals surface area contributed by atoms with Gasteiger partial charge in [0.15, 0.2) is 5.65 Å². The van der Waals surface area contributed by atoms with Gasteiger partial charge >= 0.3 is 0 Å². The summed E-state index contributed by atoms with van der Waals surface area (Å²) in [6.45, 7) is 5.85. The van der Waals surface area contributed by atoms with Crippen molar-refractivity contribution in [3.63, 3.8) is 0 Å². The molecule has 1 atom stereocenters. The minimum absolute atomic E-state index is 0.167. The summed E-state index contributed by atoms with van der Waals surface area (Å²) in [6, 6.07) is 5.67. The van der Waals surface area contributed by atoms with Crippen LogP contribution >= 0.6 is 0 Å². The van der Waals surface area contributed by atoms with Crippen molar-refractivity contribution >= 4 is 17.2 Å². The van der Waals surface area contributed by atoms with Crippen molar-refractivity contribution in [1.82, 2.24) is 24.9 Å². The van der Waals surface area contributed by atoms with E-state index in [4.69, 9.17) is 10.4 Å². The third-order valence-corrected chi connectivity index (χ3v) is 6.07. The van der Waals surface area contributed by atoms with Crippen LogP contribution in [0.2, 0.25) is 0 Å². The molecule has 1 amide bonds. The number of nitrogens with one attached hydrogen (secondary N) is 2. The van der Waals surface area contributed by atoms with Crippen LogP contribution in [0.3, 0.4) is 0 Å². The first-order valence-corrected chi connectivity index (χ1v) is 12.8. The number of hydrogen-bond acceptors (Lipinski definition) is 8. The maximum Gasteiger partial charge on any atom is 0.255 e. The monoisotopic (exact) mass is 525 g/mol. The Morgan fingerprint density at radius 1 is 1.21 bits per heavy atom. The molecule has 1 unspecified atom stereocenters. The first-order chi connectivity index (χ1) is 18.0. The normalized spacial score (nSPS) is 14.9. The number of pyridine rings is 1. The average molecular weight is 526 g/mol. The molecule has 1 aliphatic rings. The second-order valence-corrected chi connectivity index (χ2v) is 10.3. The molecule has 1 fully saturated rings. The molecule has 0 aromatic carbocycles. The molecule has 3 aromatic heterocycles. The zero-order chi connectivity index (χ0) is 27.9. The van der Waals surface area contributed by atoms with Crippen LogP contribution in [0.15, 0.2) is 30.7 Å². The van der Waals surface area contributed by atoms with Gasteiger partial charge in [0, 0.05) is 24.4 Å². The molecule has 0 saturated heterocycles. The van der Waals surface area contributed by atoms with Gasteiger partial charge in [-0.2, -0.15) is 10.4 Å². The minimum Gasteiger partial charge on any atom is -0.394 e. The molecule has 204 valence electrons. The number of amides is 1. The maximum absolute atomic E-state index is 14.2. The van der Waals surface area contributed by atoms with Crippen LogP contribution in [-0.4, -0.2) is 66.2 Å². The zero-order valence-corrected chi connectivity index (χ0v) is 22.3. The van der Waals surface area contributed by atoms with Crippen LogP contribution in [0.1, 0.15) is 75.7 Å². The molecule has 11 heteroatoms. The molecule has 38 heavy (non-hydrogen) atoms. The molecule has 1 aliphatic carbocycles. The minimum atomic E-state index is -1.61. The first-order valence-electron chi connectivity index (χ1n) is 12.8. The number of carbonyl (C=O) groups is 1. The Morgan fingerprint density at radius 3 is 2.53 bits per heavy atom. The summed E-state index contributed by atoms with van der Waals surface area (Å²) in [5, 5.41) is 37.3. The summed E-state index contributed by atoms with van der Waals surface area (Å²) in [4.78, 5) is 21.7. The Morgan fingerprint density at radius 2 is 1.89 bits per heavy atom. The molecule has 0 spiro atoms. The smallest absolute Gasteiger partial charge is 0.255 e. The number of aromatic nitrogens is 4. The highest BCUT2D eigenvalue weighted by Gasteiger charge is 2.27. The highest BCUT2D eigenvalue weighted by molar-refractivity contribution is 6.00. The van der Waals surface area contributed by atoms with Crippen LogP contribution in [0.5, 0.6) is 0 Å². The van der Waals surface area contributed by atoms with Crippen LogP contribution in [0, 0.1) is 11.3 Å². The molecule has 10 nitrogen and oxygen atoms in total. The summed E-state index contributed by atoms with van der Waals surface area (Å²) in [5.41, 5.74) is 1.42. The largest absolute Gasteiger partial charge is 0.394 e. The Labute approximate surface area is 221 Å². The van der Waals surface area contributed by atoms with Gasteiger partial charge in [-0.05, 0) is 46.6 Å². The predicted octanol–water partition coefficient (Wildman–Crippen LogP) is 3.63. The average Bonchev–Trinajstić information content (AvgIpc) is 3.30. The summed E-state index contributed by atoms with van der Waals surface area (Å²) in [7, 11) is 0. The molecule has 3 aromatic rings. The van der Waals surface area contributed by atoms with E-state index in [9.17, 15) is 14.3 Å². The third kappa shape index (κ3) is 7.69. The van der Waals surface area contributed by atoms with E-state index in [2.05, 4.69) is 25.7 Å². The number of nitriles is 1. The van der Waals surface area contributed by atoms with Gasteiger partial charge < -0.3 is 20.8 Å². The van der Waals surface area contributed by atoms with E-state index in [1.54, 1.807) is 36.7 Å². The van der Waals surface area contributed by atoms with Gasteiger partial charge in [-0.1, -0.05) is 19.3 Å². The van der Waals surface area contributed by atoms with Crippen LogP contribution in [0.4, 0.5) is 10.1 Å². The number of carbonyl (C=O) groups excluding carboxylic acids is 1. The number of rotatable bonds is 7. The first kappa shape index (κ1) is 28.9. The standard InChI is InChI=1S/C24H28FN7O2.C3H8O/c1-24(2,34)21(25)14-29-23(33)17-12-27-19(9-18(17)31-16-6-4-3-5-7-16)20-13-28-22-8-15(10-26)11-30-32(20)22;1-3(2)4/h8-9,11-13,16,21,34H,3-7,14H2,1-2H3,(H,27,31)(H,29,33);3-4H,1-2H3. The van der Waals surface area contributed by atoms with Crippen molar-refractivity contribution in [2.24, 2.45) is 0 Å². The van der Waals surface area contributed by atoms with Crippen LogP contribution in [-0.2, 0) is 0 Å². The van der Waals surface area contributed by atoms with E-state index < -0.39 is 17.7 Å². The summed E-state index contributed by atoms with van der Waals surface area (Å²) in [5.74, 6) is -0.473. The molecule has 1 saturated carbocycles. The topological polar surface area (TPSA) is 148 Å². The Kier molecular flexibility index (Phi) is 9.72. The lowest BCUT2D eigenvalue weighted by molar-refractivity contribution is -0.00177. The quantitative estimate of drug-likeness (QED) is 0.365. The number of hydrogen-bond donors (Lipinski definition) is 4. The van der Waals surface area contributed by atoms with E-state index in [1.165, 1.54) is 32.7 Å². The van der Waals surface area contributed by atoms with Crippen molar-refractivity contribution in [2.45, 2.75) is 83.7 Å². The van der Waals surface area contributed by atoms with Crippen molar-refractivity contribution in [1.29, 1.82) is 5.26 Å². The zero-order valence-electron chi connectivity index (χ0n) is 22.3. The fraction of sp³-hybridized carbons (Fsp3) is 0.519. The molecule has 0 radical (unpaired) electrons. The summed E-state index contributed by atoms with van der Waals surface area (Å²) in [6.07, 6.45) is 8.17. The van der Waals surface area contributed by atoms with Gasteiger partial charge in [0.05, 0.1) is 47.0 Å². The highest BCUT2D eigenvalue weighted by Crippen LogP contribution is 2.28. The molecule has 4 rings (SSSR count). The lowest BCUT2D eigenvalue weighted by atomic mass is 9.95. The predicted molar refractivity (Wildman–Crippen MR) is 142 cm³/mol. The van der Waals surface area contributed by atoms with E-state index >= 15 is 0 Å². The number of aliphatic hydroxyl groups is 2. The van der Waals surface area contributed by atoms with Gasteiger partial charge in [0.2, 0.25) is 0 Å². The van der Waals surface area contributed by atoms with Crippen LogP contribution < -0.4 is 10.6 Å². The number of aliphatic hydroxyl groups excluding tert-OH is 1. The number of fused-ring (bicyclic) bond motifs is 1. The van der Waals surface area contributed by atoms with Gasteiger partial charge in [-0.15, -0.1) is 0 Å². The highest BCUT2D eigenvalue weighted by atomic mass is 19.1. The fourth-order valence-corrected chi connectivity index (χ4v) is 4.00. The fourth-order valence-electron chi connectivity index (χ4n) is 4.00. The van der Waals surface area contributed by atoms with Crippen LogP contribution in [0.25, 0.3) is 17.0 Å². The molecule has 3 heterocycles. The lowest BCUT2D eigenvalue weighted by Crippen LogP contribution is -2.42. The number of anilines is 1. The van der Waals surface area contributed by atoms with E-state index in [0.717, 1.165) is 25.7 Å². The number of halogens is 1. The van der Waals surface area contributed by atoms with Gasteiger partial charge in [0.25, 0.3) is 5.91 Å². The van der Waals surface area contributed by atoms with Gasteiger partial charge in [0.1, 0.15) is 17.9 Å². The van der Waals surface area contributed by atoms with Crippen molar-refractivity contribution < 1.29 is 19.4 Å². The lowest BCUT2D eigenvalue weighted by Gasteiger charge is -2.25. The molecule has 0 bridgehead atoms. The van der Waals surface area contributed by atoms with Crippen molar-refractivity contribution in [3.05, 3.63) is 41.9 Å². The number of nitrogens with zero attached hydrogens (tertiary/aromatic N) is 5. The second kappa shape index (κ2) is 12.8. The summed E-state index contributed by atoms with van der Waals surface area (Å²) >= 11 is 0. The van der Waals surface area contributed by atoms with Gasteiger partial charge in [-0.3, -0.25) is 9.78 Å². The van der Waals surface area contributed by atoms with Gasteiger partial charge in [-0.25, -0.2) is 13.9 Å². The number of alkyl halides is 1. The maximum atomic E-state index is 14.2. The van der Waals surface area contributed by atoms with E-state index in [-0.39, 0.29) is 18.7 Å². The Hall–Kier alpha value is -3.62. The third-order valence-electron chi connectivity index (χ3n) is 6.07. The Balaban J connectivity index is 0.000000934.